The maximum Gasteiger partial charge on any atom is 0.330 e. The number of para-hydroxylation sites is 1. The minimum atomic E-state index is -1.70. The van der Waals surface area contributed by atoms with Gasteiger partial charge in [0, 0.05) is 0 Å². The lowest BCUT2D eigenvalue weighted by molar-refractivity contribution is -0.138. The molecular weight excluding hydrogens is 290 g/mol. The molecule has 0 aliphatic carbocycles. The number of nitrogens with one attached hydrogen (secondary N) is 1. The van der Waals surface area contributed by atoms with Crippen LogP contribution in [0.1, 0.15) is 11.6 Å². The molecular formula is C14H9F4NO2. The van der Waals surface area contributed by atoms with Gasteiger partial charge in [0.1, 0.15) is 5.82 Å². The molecule has 0 amide bonds. The SMILES string of the molecule is O=C(O)C(Nc1ccccc1F)c1cc(F)c(F)c(F)c1. The summed E-state index contributed by atoms with van der Waals surface area (Å²) in [5, 5.41) is 11.4. The Balaban J connectivity index is 2.41. The Labute approximate surface area is 116 Å². The van der Waals surface area contributed by atoms with Crippen molar-refractivity contribution in [3.05, 3.63) is 65.2 Å². The third kappa shape index (κ3) is 3.13. The summed E-state index contributed by atoms with van der Waals surface area (Å²) in [6, 6.07) is 4.67. The molecule has 110 valence electrons. The van der Waals surface area contributed by atoms with Gasteiger partial charge in [0.15, 0.2) is 23.5 Å². The second-order valence-corrected chi connectivity index (χ2v) is 4.19. The molecule has 7 heteroatoms. The monoisotopic (exact) mass is 299 g/mol. The number of aliphatic carboxylic acids is 1. The average Bonchev–Trinajstić information content (AvgIpc) is 2.43. The summed E-state index contributed by atoms with van der Waals surface area (Å²) in [7, 11) is 0. The summed E-state index contributed by atoms with van der Waals surface area (Å²) in [6.07, 6.45) is 0. The highest BCUT2D eigenvalue weighted by Crippen LogP contribution is 2.24. The Morgan fingerprint density at radius 3 is 2.10 bits per heavy atom. The first-order valence-corrected chi connectivity index (χ1v) is 5.78. The largest absolute Gasteiger partial charge is 0.479 e. The van der Waals surface area contributed by atoms with E-state index < -0.39 is 35.3 Å². The highest BCUT2D eigenvalue weighted by molar-refractivity contribution is 5.79. The van der Waals surface area contributed by atoms with Gasteiger partial charge in [0.2, 0.25) is 0 Å². The topological polar surface area (TPSA) is 49.3 Å². The number of hydrogen-bond acceptors (Lipinski definition) is 2. The summed E-state index contributed by atoms with van der Waals surface area (Å²) >= 11 is 0. The van der Waals surface area contributed by atoms with Gasteiger partial charge in [0.25, 0.3) is 0 Å². The summed E-state index contributed by atoms with van der Waals surface area (Å²) in [5.41, 5.74) is -0.530. The van der Waals surface area contributed by atoms with Crippen molar-refractivity contribution in [1.82, 2.24) is 0 Å². The Morgan fingerprint density at radius 2 is 1.57 bits per heavy atom. The van der Waals surface area contributed by atoms with Crippen molar-refractivity contribution in [2.75, 3.05) is 5.32 Å². The molecule has 2 rings (SSSR count). The Morgan fingerprint density at radius 1 is 1.00 bits per heavy atom. The van der Waals surface area contributed by atoms with Gasteiger partial charge in [0.05, 0.1) is 5.69 Å². The number of hydrogen-bond donors (Lipinski definition) is 2. The average molecular weight is 299 g/mol. The molecule has 0 heterocycles. The Hall–Kier alpha value is -2.57. The minimum absolute atomic E-state index is 0.157. The maximum absolute atomic E-state index is 13.5. The van der Waals surface area contributed by atoms with E-state index >= 15 is 0 Å². The van der Waals surface area contributed by atoms with Crippen LogP contribution >= 0.6 is 0 Å². The molecule has 2 aromatic carbocycles. The molecule has 0 aromatic heterocycles. The second kappa shape index (κ2) is 5.82. The lowest BCUT2D eigenvalue weighted by atomic mass is 10.1. The van der Waals surface area contributed by atoms with Crippen LogP contribution in [0.15, 0.2) is 36.4 Å². The van der Waals surface area contributed by atoms with Crippen molar-refractivity contribution in [1.29, 1.82) is 0 Å². The van der Waals surface area contributed by atoms with Crippen LogP contribution < -0.4 is 5.32 Å². The predicted molar refractivity (Wildman–Crippen MR) is 66.7 cm³/mol. The zero-order chi connectivity index (χ0) is 15.6. The molecule has 0 aliphatic rings. The van der Waals surface area contributed by atoms with E-state index in [1.807, 2.05) is 0 Å². The summed E-state index contributed by atoms with van der Waals surface area (Å²) < 4.78 is 52.7. The first-order chi connectivity index (χ1) is 9.90. The third-order valence-electron chi connectivity index (χ3n) is 2.76. The van der Waals surface area contributed by atoms with Gasteiger partial charge in [-0.2, -0.15) is 0 Å². The summed E-state index contributed by atoms with van der Waals surface area (Å²) in [5.74, 6) is -6.97. The van der Waals surface area contributed by atoms with E-state index in [0.29, 0.717) is 12.1 Å². The zero-order valence-corrected chi connectivity index (χ0v) is 10.4. The number of carbonyl (C=O) groups is 1. The number of halogens is 4. The van der Waals surface area contributed by atoms with Crippen LogP contribution in [-0.4, -0.2) is 11.1 Å². The van der Waals surface area contributed by atoms with Gasteiger partial charge < -0.3 is 10.4 Å². The van der Waals surface area contributed by atoms with E-state index in [1.54, 1.807) is 0 Å². The van der Waals surface area contributed by atoms with Crippen molar-refractivity contribution >= 4 is 11.7 Å². The fourth-order valence-corrected chi connectivity index (χ4v) is 1.76. The first kappa shape index (κ1) is 14.8. The summed E-state index contributed by atoms with van der Waals surface area (Å²) in [6.45, 7) is 0. The lowest BCUT2D eigenvalue weighted by Gasteiger charge is -2.17. The first-order valence-electron chi connectivity index (χ1n) is 5.78. The number of carboxylic acid groups (broad SMARTS) is 1. The summed E-state index contributed by atoms with van der Waals surface area (Å²) in [4.78, 5) is 11.2. The molecule has 0 spiro atoms. The van der Waals surface area contributed by atoms with Crippen molar-refractivity contribution in [3.63, 3.8) is 0 Å². The molecule has 0 fully saturated rings. The van der Waals surface area contributed by atoms with E-state index in [1.165, 1.54) is 18.2 Å². The number of carboxylic acids is 1. The van der Waals surface area contributed by atoms with Gasteiger partial charge >= 0.3 is 5.97 Å². The number of anilines is 1. The van der Waals surface area contributed by atoms with Crippen LogP contribution in [0.3, 0.4) is 0 Å². The van der Waals surface area contributed by atoms with Crippen LogP contribution in [0.2, 0.25) is 0 Å². The zero-order valence-electron chi connectivity index (χ0n) is 10.4. The molecule has 0 aliphatic heterocycles. The molecule has 3 nitrogen and oxygen atoms in total. The van der Waals surface area contributed by atoms with Crippen LogP contribution in [0, 0.1) is 23.3 Å². The van der Waals surface area contributed by atoms with Crippen molar-refractivity contribution < 1.29 is 27.5 Å². The van der Waals surface area contributed by atoms with Crippen molar-refractivity contribution in [2.24, 2.45) is 0 Å². The van der Waals surface area contributed by atoms with Crippen LogP contribution in [0.25, 0.3) is 0 Å². The lowest BCUT2D eigenvalue weighted by Crippen LogP contribution is -2.21. The van der Waals surface area contributed by atoms with Crippen LogP contribution in [-0.2, 0) is 4.79 Å². The fourth-order valence-electron chi connectivity index (χ4n) is 1.76. The molecule has 0 saturated heterocycles. The molecule has 2 aromatic rings. The van der Waals surface area contributed by atoms with Gasteiger partial charge in [-0.15, -0.1) is 0 Å². The molecule has 0 radical (unpaired) electrons. The number of benzene rings is 2. The molecule has 21 heavy (non-hydrogen) atoms. The third-order valence-corrected chi connectivity index (χ3v) is 2.76. The molecule has 0 bridgehead atoms. The second-order valence-electron chi connectivity index (χ2n) is 4.19. The quantitative estimate of drug-likeness (QED) is 0.671. The predicted octanol–water partition coefficient (Wildman–Crippen LogP) is 3.48. The fraction of sp³-hybridized carbons (Fsp3) is 0.0714. The molecule has 2 N–H and O–H groups in total. The highest BCUT2D eigenvalue weighted by Gasteiger charge is 2.24. The molecule has 1 unspecified atom stereocenters. The number of rotatable bonds is 4. The van der Waals surface area contributed by atoms with Crippen molar-refractivity contribution in [2.45, 2.75) is 6.04 Å². The van der Waals surface area contributed by atoms with E-state index in [4.69, 9.17) is 5.11 Å². The Bertz CT molecular complexity index is 667. The van der Waals surface area contributed by atoms with E-state index in [9.17, 15) is 22.4 Å². The van der Waals surface area contributed by atoms with Gasteiger partial charge in [-0.05, 0) is 29.8 Å². The maximum atomic E-state index is 13.5. The van der Waals surface area contributed by atoms with Crippen LogP contribution in [0.5, 0.6) is 0 Å². The molecule has 0 saturated carbocycles. The van der Waals surface area contributed by atoms with Gasteiger partial charge in [-0.1, -0.05) is 12.1 Å². The normalized spacial score (nSPS) is 12.0. The Kier molecular flexibility index (Phi) is 4.11. The molecule has 1 atom stereocenters. The van der Waals surface area contributed by atoms with E-state index in [-0.39, 0.29) is 11.3 Å². The van der Waals surface area contributed by atoms with E-state index in [2.05, 4.69) is 5.32 Å². The van der Waals surface area contributed by atoms with Crippen molar-refractivity contribution in [3.8, 4) is 0 Å². The van der Waals surface area contributed by atoms with E-state index in [0.717, 1.165) is 6.07 Å². The highest BCUT2D eigenvalue weighted by atomic mass is 19.2. The van der Waals surface area contributed by atoms with Crippen LogP contribution in [0.4, 0.5) is 23.2 Å². The van der Waals surface area contributed by atoms with Gasteiger partial charge in [-0.3, -0.25) is 0 Å². The standard InChI is InChI=1S/C14H9F4NO2/c15-8-3-1-2-4-11(8)19-13(14(20)21)7-5-9(16)12(18)10(17)6-7/h1-6,13,19H,(H,20,21). The smallest absolute Gasteiger partial charge is 0.330 e. The van der Waals surface area contributed by atoms with Gasteiger partial charge in [-0.25, -0.2) is 22.4 Å². The minimum Gasteiger partial charge on any atom is -0.479 e.